The van der Waals surface area contributed by atoms with Gasteiger partial charge in [-0.2, -0.15) is 0 Å². The summed E-state index contributed by atoms with van der Waals surface area (Å²) in [5.41, 5.74) is 0.932. The van der Waals surface area contributed by atoms with Crippen molar-refractivity contribution in [3.8, 4) is 0 Å². The Bertz CT molecular complexity index is 483. The number of carbonyl (C=O) groups is 2. The summed E-state index contributed by atoms with van der Waals surface area (Å²) in [5.74, 6) is -0.158. The molecule has 6 nitrogen and oxygen atoms in total. The van der Waals surface area contributed by atoms with Crippen molar-refractivity contribution in [3.63, 3.8) is 0 Å². The van der Waals surface area contributed by atoms with E-state index in [0.29, 0.717) is 19.5 Å². The first kappa shape index (κ1) is 13.5. The first-order valence-electron chi connectivity index (χ1n) is 6.28. The molecule has 1 fully saturated rings. The van der Waals surface area contributed by atoms with Crippen molar-refractivity contribution in [2.45, 2.75) is 32.4 Å². The summed E-state index contributed by atoms with van der Waals surface area (Å²) in [6, 6.07) is 0.878. The second-order valence-electron chi connectivity index (χ2n) is 4.83. The fourth-order valence-electron chi connectivity index (χ4n) is 2.37. The molecule has 6 heteroatoms. The SMILES string of the molecule is Cc1occc1CN(C)C(=O)N1CCCC1C(=O)O. The van der Waals surface area contributed by atoms with Gasteiger partial charge in [0.2, 0.25) is 0 Å². The Morgan fingerprint density at radius 1 is 1.58 bits per heavy atom. The zero-order chi connectivity index (χ0) is 14.0. The van der Waals surface area contributed by atoms with Gasteiger partial charge < -0.3 is 19.3 Å². The van der Waals surface area contributed by atoms with Gasteiger partial charge in [0.05, 0.1) is 12.8 Å². The van der Waals surface area contributed by atoms with Crippen molar-refractivity contribution in [2.75, 3.05) is 13.6 Å². The number of carbonyl (C=O) groups excluding carboxylic acids is 1. The number of likely N-dealkylation sites (tertiary alicyclic amines) is 1. The normalized spacial score (nSPS) is 18.6. The number of aryl methyl sites for hydroxylation is 1. The van der Waals surface area contributed by atoms with Crippen LogP contribution in [0.15, 0.2) is 16.7 Å². The lowest BCUT2D eigenvalue weighted by Crippen LogP contribution is -2.46. The van der Waals surface area contributed by atoms with E-state index in [1.807, 2.05) is 13.0 Å². The van der Waals surface area contributed by atoms with Gasteiger partial charge in [-0.15, -0.1) is 0 Å². The van der Waals surface area contributed by atoms with Crippen molar-refractivity contribution in [3.05, 3.63) is 23.7 Å². The number of hydrogen-bond acceptors (Lipinski definition) is 3. The van der Waals surface area contributed by atoms with Gasteiger partial charge in [0, 0.05) is 19.2 Å². The molecule has 0 aromatic carbocycles. The summed E-state index contributed by atoms with van der Waals surface area (Å²) in [4.78, 5) is 26.3. The predicted octanol–water partition coefficient (Wildman–Crippen LogP) is 1.69. The zero-order valence-electron chi connectivity index (χ0n) is 11.1. The number of furan rings is 1. The standard InChI is InChI=1S/C13H18N2O4/c1-9-10(5-7-19-9)8-14(2)13(18)15-6-3-4-11(15)12(16)17/h5,7,11H,3-4,6,8H2,1-2H3,(H,16,17). The van der Waals surface area contributed by atoms with E-state index < -0.39 is 12.0 Å². The third-order valence-electron chi connectivity index (χ3n) is 3.48. The van der Waals surface area contributed by atoms with Gasteiger partial charge >= 0.3 is 12.0 Å². The van der Waals surface area contributed by atoms with E-state index in [4.69, 9.17) is 9.52 Å². The molecule has 2 heterocycles. The molecule has 1 unspecified atom stereocenters. The molecule has 19 heavy (non-hydrogen) atoms. The third-order valence-corrected chi connectivity index (χ3v) is 3.48. The number of rotatable bonds is 3. The molecule has 2 rings (SSSR count). The second kappa shape index (κ2) is 5.34. The van der Waals surface area contributed by atoms with E-state index in [-0.39, 0.29) is 6.03 Å². The van der Waals surface area contributed by atoms with Gasteiger partial charge in [0.1, 0.15) is 11.8 Å². The molecule has 1 atom stereocenters. The van der Waals surface area contributed by atoms with Crippen LogP contribution in [0.1, 0.15) is 24.2 Å². The average Bonchev–Trinajstić information content (AvgIpc) is 2.98. The van der Waals surface area contributed by atoms with Gasteiger partial charge in [0.15, 0.2) is 0 Å². The number of urea groups is 1. The summed E-state index contributed by atoms with van der Waals surface area (Å²) < 4.78 is 5.18. The van der Waals surface area contributed by atoms with Crippen molar-refractivity contribution >= 4 is 12.0 Å². The highest BCUT2D eigenvalue weighted by Crippen LogP contribution is 2.20. The Balaban J connectivity index is 2.03. The molecule has 0 spiro atoms. The van der Waals surface area contributed by atoms with Gasteiger partial charge in [-0.1, -0.05) is 0 Å². The van der Waals surface area contributed by atoms with E-state index in [9.17, 15) is 9.59 Å². The molecular weight excluding hydrogens is 248 g/mol. The molecule has 1 aliphatic heterocycles. The number of hydrogen-bond donors (Lipinski definition) is 1. The minimum absolute atomic E-state index is 0.245. The average molecular weight is 266 g/mol. The lowest BCUT2D eigenvalue weighted by molar-refractivity contribution is -0.141. The highest BCUT2D eigenvalue weighted by molar-refractivity contribution is 5.83. The molecule has 1 aromatic rings. The molecule has 1 N–H and O–H groups in total. The maximum Gasteiger partial charge on any atom is 0.326 e. The Labute approximate surface area is 111 Å². The largest absolute Gasteiger partial charge is 0.480 e. The first-order chi connectivity index (χ1) is 9.00. The molecule has 2 amide bonds. The fourth-order valence-corrected chi connectivity index (χ4v) is 2.37. The summed E-state index contributed by atoms with van der Waals surface area (Å²) >= 11 is 0. The third kappa shape index (κ3) is 2.72. The van der Waals surface area contributed by atoms with E-state index in [0.717, 1.165) is 17.7 Å². The van der Waals surface area contributed by atoms with Crippen LogP contribution in [0.5, 0.6) is 0 Å². The van der Waals surface area contributed by atoms with E-state index >= 15 is 0 Å². The predicted molar refractivity (Wildman–Crippen MR) is 67.7 cm³/mol. The van der Waals surface area contributed by atoms with E-state index in [2.05, 4.69) is 0 Å². The Hall–Kier alpha value is -1.98. The summed E-state index contributed by atoms with van der Waals surface area (Å²) in [6.07, 6.45) is 2.85. The van der Waals surface area contributed by atoms with Gasteiger partial charge in [-0.05, 0) is 25.8 Å². The lowest BCUT2D eigenvalue weighted by atomic mass is 10.2. The van der Waals surface area contributed by atoms with Crippen LogP contribution in [0, 0.1) is 6.92 Å². The van der Waals surface area contributed by atoms with Gasteiger partial charge in [0.25, 0.3) is 0 Å². The molecular formula is C13H18N2O4. The highest BCUT2D eigenvalue weighted by Gasteiger charge is 2.35. The minimum Gasteiger partial charge on any atom is -0.480 e. The summed E-state index contributed by atoms with van der Waals surface area (Å²) in [6.45, 7) is 2.76. The van der Waals surface area contributed by atoms with Crippen LogP contribution in [0.4, 0.5) is 4.79 Å². The van der Waals surface area contributed by atoms with Crippen LogP contribution in [0.2, 0.25) is 0 Å². The van der Waals surface area contributed by atoms with Gasteiger partial charge in [-0.3, -0.25) is 0 Å². The summed E-state index contributed by atoms with van der Waals surface area (Å²) in [7, 11) is 1.67. The van der Waals surface area contributed by atoms with Crippen LogP contribution in [-0.2, 0) is 11.3 Å². The quantitative estimate of drug-likeness (QED) is 0.903. The molecule has 1 aromatic heterocycles. The van der Waals surface area contributed by atoms with Crippen molar-refractivity contribution in [2.24, 2.45) is 0 Å². The van der Waals surface area contributed by atoms with Crippen molar-refractivity contribution in [1.82, 2.24) is 9.80 Å². The number of amides is 2. The van der Waals surface area contributed by atoms with Crippen LogP contribution in [0.25, 0.3) is 0 Å². The number of carboxylic acids is 1. The van der Waals surface area contributed by atoms with Crippen LogP contribution >= 0.6 is 0 Å². The molecule has 0 radical (unpaired) electrons. The molecule has 104 valence electrons. The topological polar surface area (TPSA) is 74.0 Å². The number of nitrogens with zero attached hydrogens (tertiary/aromatic N) is 2. The smallest absolute Gasteiger partial charge is 0.326 e. The van der Waals surface area contributed by atoms with Crippen LogP contribution in [0.3, 0.4) is 0 Å². The first-order valence-corrected chi connectivity index (χ1v) is 6.28. The van der Waals surface area contributed by atoms with E-state index in [1.54, 1.807) is 13.3 Å². The van der Waals surface area contributed by atoms with Crippen molar-refractivity contribution in [1.29, 1.82) is 0 Å². The van der Waals surface area contributed by atoms with Crippen LogP contribution in [-0.4, -0.2) is 46.5 Å². The van der Waals surface area contributed by atoms with Crippen molar-refractivity contribution < 1.29 is 19.1 Å². The monoisotopic (exact) mass is 266 g/mol. The maximum absolute atomic E-state index is 12.3. The van der Waals surface area contributed by atoms with Crippen LogP contribution < -0.4 is 0 Å². The van der Waals surface area contributed by atoms with E-state index in [1.165, 1.54) is 9.80 Å². The fraction of sp³-hybridized carbons (Fsp3) is 0.538. The molecule has 1 saturated heterocycles. The molecule has 1 aliphatic rings. The minimum atomic E-state index is -0.932. The highest BCUT2D eigenvalue weighted by atomic mass is 16.4. The van der Waals surface area contributed by atoms with Gasteiger partial charge in [-0.25, -0.2) is 9.59 Å². The molecule has 0 saturated carbocycles. The molecule has 0 aliphatic carbocycles. The Morgan fingerprint density at radius 2 is 2.32 bits per heavy atom. The summed E-state index contributed by atoms with van der Waals surface area (Å²) in [5, 5.41) is 9.09. The Kier molecular flexibility index (Phi) is 3.78. The Morgan fingerprint density at radius 3 is 2.89 bits per heavy atom. The number of carboxylic acid groups (broad SMARTS) is 1. The maximum atomic E-state index is 12.3. The molecule has 0 bridgehead atoms. The number of aliphatic carboxylic acids is 1. The zero-order valence-corrected chi connectivity index (χ0v) is 11.1. The lowest BCUT2D eigenvalue weighted by Gasteiger charge is -2.27. The second-order valence-corrected chi connectivity index (χ2v) is 4.83.